The minimum atomic E-state index is 0.532. The van der Waals surface area contributed by atoms with Gasteiger partial charge in [-0.1, -0.05) is 31.1 Å². The van der Waals surface area contributed by atoms with E-state index in [9.17, 15) is 0 Å². The number of hydrogen-bond donors (Lipinski definition) is 2. The Bertz CT molecular complexity index is 405. The van der Waals surface area contributed by atoms with E-state index in [1.165, 1.54) is 36.3 Å². The summed E-state index contributed by atoms with van der Waals surface area (Å²) in [6.45, 7) is 4.58. The van der Waals surface area contributed by atoms with Gasteiger partial charge >= 0.3 is 0 Å². The molecule has 1 aromatic carbocycles. The van der Waals surface area contributed by atoms with Gasteiger partial charge in [-0.3, -0.25) is 0 Å². The average Bonchev–Trinajstić information content (AvgIpc) is 2.47. The van der Waals surface area contributed by atoms with Crippen LogP contribution in [0.3, 0.4) is 0 Å². The standard InChI is InChI=1S/C16H24N2S/c1-2-11-19-16-10-6-5-9-15(16)18-14-8-4-3-7-13(14)12-17/h2,5-6,9-10,13-14,18H,1,3-4,7-8,11-12,17H2. The Labute approximate surface area is 120 Å². The molecule has 19 heavy (non-hydrogen) atoms. The molecule has 104 valence electrons. The maximum Gasteiger partial charge on any atom is 0.0480 e. The molecule has 1 aliphatic rings. The van der Waals surface area contributed by atoms with E-state index in [0.717, 1.165) is 12.3 Å². The van der Waals surface area contributed by atoms with Crippen molar-refractivity contribution in [3.63, 3.8) is 0 Å². The highest BCUT2D eigenvalue weighted by molar-refractivity contribution is 7.99. The lowest BCUT2D eigenvalue weighted by atomic mass is 9.84. The summed E-state index contributed by atoms with van der Waals surface area (Å²) >= 11 is 1.83. The van der Waals surface area contributed by atoms with Crippen molar-refractivity contribution in [2.45, 2.75) is 36.6 Å². The van der Waals surface area contributed by atoms with E-state index in [2.05, 4.69) is 36.2 Å². The van der Waals surface area contributed by atoms with Gasteiger partial charge in [0.05, 0.1) is 0 Å². The van der Waals surface area contributed by atoms with Crippen LogP contribution in [0.2, 0.25) is 0 Å². The summed E-state index contributed by atoms with van der Waals surface area (Å²) in [6.07, 6.45) is 7.09. The van der Waals surface area contributed by atoms with E-state index < -0.39 is 0 Å². The second kappa shape index (κ2) is 7.61. The topological polar surface area (TPSA) is 38.0 Å². The van der Waals surface area contributed by atoms with Crippen molar-refractivity contribution in [3.8, 4) is 0 Å². The predicted molar refractivity (Wildman–Crippen MR) is 85.8 cm³/mol. The number of rotatable bonds is 6. The fourth-order valence-electron chi connectivity index (χ4n) is 2.74. The molecule has 1 fully saturated rings. The molecule has 1 aliphatic carbocycles. The highest BCUT2D eigenvalue weighted by atomic mass is 32.2. The van der Waals surface area contributed by atoms with E-state index in [1.54, 1.807) is 0 Å². The van der Waals surface area contributed by atoms with Gasteiger partial charge in [0, 0.05) is 22.4 Å². The normalized spacial score (nSPS) is 23.0. The SMILES string of the molecule is C=CCSc1ccccc1NC1CCCCC1CN. The first-order chi connectivity index (χ1) is 9.35. The molecule has 2 rings (SSSR count). The maximum atomic E-state index is 5.91. The number of nitrogens with two attached hydrogens (primary N) is 1. The van der Waals surface area contributed by atoms with Crippen LogP contribution in [0.25, 0.3) is 0 Å². The highest BCUT2D eigenvalue weighted by Gasteiger charge is 2.24. The van der Waals surface area contributed by atoms with E-state index >= 15 is 0 Å². The average molecular weight is 276 g/mol. The monoisotopic (exact) mass is 276 g/mol. The Balaban J connectivity index is 2.06. The molecule has 2 nitrogen and oxygen atoms in total. The van der Waals surface area contributed by atoms with Gasteiger partial charge in [0.25, 0.3) is 0 Å². The molecule has 0 spiro atoms. The maximum absolute atomic E-state index is 5.91. The lowest BCUT2D eigenvalue weighted by Gasteiger charge is -2.32. The number of para-hydroxylation sites is 1. The molecule has 0 amide bonds. The first kappa shape index (κ1) is 14.5. The van der Waals surface area contributed by atoms with Gasteiger partial charge in [0.15, 0.2) is 0 Å². The number of benzene rings is 1. The summed E-state index contributed by atoms with van der Waals surface area (Å²) in [7, 11) is 0. The van der Waals surface area contributed by atoms with Gasteiger partial charge in [-0.25, -0.2) is 0 Å². The second-order valence-electron chi connectivity index (χ2n) is 5.13. The first-order valence-electron chi connectivity index (χ1n) is 7.14. The minimum Gasteiger partial charge on any atom is -0.381 e. The summed E-state index contributed by atoms with van der Waals surface area (Å²) in [5, 5.41) is 3.72. The fraction of sp³-hybridized carbons (Fsp3) is 0.500. The van der Waals surface area contributed by atoms with E-state index in [4.69, 9.17) is 5.73 Å². The molecule has 0 bridgehead atoms. The molecule has 2 unspecified atom stereocenters. The fourth-order valence-corrected chi connectivity index (χ4v) is 3.49. The molecule has 0 heterocycles. The highest BCUT2D eigenvalue weighted by Crippen LogP contribution is 2.31. The zero-order valence-electron chi connectivity index (χ0n) is 11.5. The molecular weight excluding hydrogens is 252 g/mol. The molecule has 2 atom stereocenters. The summed E-state index contributed by atoms with van der Waals surface area (Å²) in [5.41, 5.74) is 7.16. The molecule has 3 N–H and O–H groups in total. The summed E-state index contributed by atoms with van der Waals surface area (Å²) in [5.74, 6) is 1.56. The molecular formula is C16H24N2S. The summed E-state index contributed by atoms with van der Waals surface area (Å²) in [4.78, 5) is 1.31. The van der Waals surface area contributed by atoms with Crippen molar-refractivity contribution >= 4 is 17.4 Å². The van der Waals surface area contributed by atoms with Crippen LogP contribution in [0.15, 0.2) is 41.8 Å². The molecule has 0 radical (unpaired) electrons. The predicted octanol–water partition coefficient (Wildman–Crippen LogP) is 3.89. The van der Waals surface area contributed by atoms with Crippen molar-refractivity contribution in [1.29, 1.82) is 0 Å². The Morgan fingerprint density at radius 2 is 2.11 bits per heavy atom. The van der Waals surface area contributed by atoms with E-state index in [1.807, 2.05) is 17.8 Å². The van der Waals surface area contributed by atoms with Crippen molar-refractivity contribution in [2.75, 3.05) is 17.6 Å². The number of thioether (sulfide) groups is 1. The Morgan fingerprint density at radius 3 is 2.89 bits per heavy atom. The van der Waals surface area contributed by atoms with Crippen molar-refractivity contribution in [3.05, 3.63) is 36.9 Å². The largest absolute Gasteiger partial charge is 0.381 e. The van der Waals surface area contributed by atoms with Crippen LogP contribution in [-0.4, -0.2) is 18.3 Å². The molecule has 0 saturated heterocycles. The van der Waals surface area contributed by atoms with Crippen LogP contribution in [0.4, 0.5) is 5.69 Å². The number of nitrogens with one attached hydrogen (secondary N) is 1. The minimum absolute atomic E-state index is 0.532. The van der Waals surface area contributed by atoms with Crippen LogP contribution in [0, 0.1) is 5.92 Å². The molecule has 3 heteroatoms. The van der Waals surface area contributed by atoms with E-state index in [0.29, 0.717) is 12.0 Å². The van der Waals surface area contributed by atoms with Crippen LogP contribution in [-0.2, 0) is 0 Å². The van der Waals surface area contributed by atoms with Gasteiger partial charge in [-0.15, -0.1) is 18.3 Å². The molecule has 1 aromatic rings. The van der Waals surface area contributed by atoms with Gasteiger partial charge < -0.3 is 11.1 Å². The number of hydrogen-bond acceptors (Lipinski definition) is 3. The molecule has 0 aliphatic heterocycles. The van der Waals surface area contributed by atoms with Gasteiger partial charge in [-0.2, -0.15) is 0 Å². The van der Waals surface area contributed by atoms with E-state index in [-0.39, 0.29) is 0 Å². The molecule has 0 aromatic heterocycles. The van der Waals surface area contributed by atoms with Gasteiger partial charge in [0.1, 0.15) is 0 Å². The Hall–Kier alpha value is -0.930. The number of anilines is 1. The summed E-state index contributed by atoms with van der Waals surface area (Å²) in [6, 6.07) is 9.08. The van der Waals surface area contributed by atoms with Crippen molar-refractivity contribution in [1.82, 2.24) is 0 Å². The Kier molecular flexibility index (Phi) is 5.80. The van der Waals surface area contributed by atoms with Crippen LogP contribution >= 0.6 is 11.8 Å². The third-order valence-electron chi connectivity index (χ3n) is 3.80. The second-order valence-corrected chi connectivity index (χ2v) is 6.19. The van der Waals surface area contributed by atoms with Crippen molar-refractivity contribution < 1.29 is 0 Å². The summed E-state index contributed by atoms with van der Waals surface area (Å²) < 4.78 is 0. The zero-order valence-corrected chi connectivity index (χ0v) is 12.3. The lowest BCUT2D eigenvalue weighted by molar-refractivity contribution is 0.332. The van der Waals surface area contributed by atoms with Gasteiger partial charge in [-0.05, 0) is 37.4 Å². The van der Waals surface area contributed by atoms with Crippen LogP contribution < -0.4 is 11.1 Å². The lowest BCUT2D eigenvalue weighted by Crippen LogP contribution is -2.36. The third kappa shape index (κ3) is 4.02. The van der Waals surface area contributed by atoms with Crippen LogP contribution in [0.5, 0.6) is 0 Å². The smallest absolute Gasteiger partial charge is 0.0480 e. The van der Waals surface area contributed by atoms with Crippen molar-refractivity contribution in [2.24, 2.45) is 11.7 Å². The molecule has 1 saturated carbocycles. The third-order valence-corrected chi connectivity index (χ3v) is 4.87. The van der Waals surface area contributed by atoms with Crippen LogP contribution in [0.1, 0.15) is 25.7 Å². The zero-order chi connectivity index (χ0) is 13.5. The Morgan fingerprint density at radius 1 is 1.32 bits per heavy atom. The quantitative estimate of drug-likeness (QED) is 0.611. The van der Waals surface area contributed by atoms with Gasteiger partial charge in [0.2, 0.25) is 0 Å². The first-order valence-corrected chi connectivity index (χ1v) is 8.13.